The molecular formula is C9H15N3O5S2. The molecule has 1 aromatic heterocycles. The first-order chi connectivity index (χ1) is 8.87. The molecule has 8 nitrogen and oxygen atoms in total. The number of H-pyrrole nitrogens is 1. The van der Waals surface area contributed by atoms with Crippen molar-refractivity contribution < 1.29 is 21.9 Å². The third-order valence-electron chi connectivity index (χ3n) is 3.02. The van der Waals surface area contributed by atoms with Crippen molar-refractivity contribution in [1.82, 2.24) is 14.5 Å². The van der Waals surface area contributed by atoms with E-state index >= 15 is 0 Å². The van der Waals surface area contributed by atoms with Crippen molar-refractivity contribution >= 4 is 19.9 Å². The lowest BCUT2D eigenvalue weighted by atomic mass is 10.3. The number of sulfone groups is 1. The fraction of sp³-hybridized carbons (Fsp3) is 0.667. The van der Waals surface area contributed by atoms with E-state index in [1.807, 2.05) is 0 Å². The molecule has 10 heteroatoms. The van der Waals surface area contributed by atoms with Gasteiger partial charge in [0.15, 0.2) is 9.84 Å². The summed E-state index contributed by atoms with van der Waals surface area (Å²) in [6.45, 7) is -0.499. The van der Waals surface area contributed by atoms with Gasteiger partial charge in [0.25, 0.3) is 0 Å². The highest BCUT2D eigenvalue weighted by atomic mass is 32.2. The van der Waals surface area contributed by atoms with E-state index in [4.69, 9.17) is 5.11 Å². The molecule has 2 rings (SSSR count). The number of nitrogens with zero attached hydrogens (tertiary/aromatic N) is 2. The molecule has 2 N–H and O–H groups in total. The average molecular weight is 309 g/mol. The molecule has 0 saturated carbocycles. The largest absolute Gasteiger partial charge is 0.395 e. The number of sulfonamides is 1. The van der Waals surface area contributed by atoms with Gasteiger partial charge in [0.1, 0.15) is 4.90 Å². The number of aromatic nitrogens is 2. The van der Waals surface area contributed by atoms with Gasteiger partial charge in [0.05, 0.1) is 24.3 Å². The van der Waals surface area contributed by atoms with Crippen molar-refractivity contribution in [3.8, 4) is 0 Å². The van der Waals surface area contributed by atoms with E-state index in [0.717, 1.165) is 10.5 Å². The van der Waals surface area contributed by atoms with Crippen LogP contribution in [-0.2, 0) is 19.9 Å². The predicted molar refractivity (Wildman–Crippen MR) is 66.6 cm³/mol. The Morgan fingerprint density at radius 3 is 2.74 bits per heavy atom. The molecule has 0 amide bonds. The fourth-order valence-electron chi connectivity index (χ4n) is 2.12. The first kappa shape index (κ1) is 14.4. The highest BCUT2D eigenvalue weighted by molar-refractivity contribution is 7.92. The van der Waals surface area contributed by atoms with Crippen LogP contribution in [0.4, 0.5) is 0 Å². The monoisotopic (exact) mass is 309 g/mol. The molecule has 1 atom stereocenters. The minimum atomic E-state index is -3.84. The Kier molecular flexibility index (Phi) is 3.95. The fourth-order valence-corrected chi connectivity index (χ4v) is 5.49. The molecular weight excluding hydrogens is 294 g/mol. The molecule has 2 heterocycles. The predicted octanol–water partition coefficient (Wildman–Crippen LogP) is -1.42. The van der Waals surface area contributed by atoms with Crippen LogP contribution in [0.5, 0.6) is 0 Å². The number of aliphatic hydroxyl groups is 1. The molecule has 0 radical (unpaired) electrons. The Balaban J connectivity index is 2.31. The van der Waals surface area contributed by atoms with E-state index in [1.165, 1.54) is 6.20 Å². The summed E-state index contributed by atoms with van der Waals surface area (Å²) < 4.78 is 48.6. The van der Waals surface area contributed by atoms with Crippen LogP contribution in [0.25, 0.3) is 0 Å². The first-order valence-corrected chi connectivity index (χ1v) is 8.95. The van der Waals surface area contributed by atoms with Gasteiger partial charge in [-0.25, -0.2) is 16.8 Å². The van der Waals surface area contributed by atoms with E-state index in [2.05, 4.69) is 10.2 Å². The smallest absolute Gasteiger partial charge is 0.246 e. The quantitative estimate of drug-likeness (QED) is 0.688. The van der Waals surface area contributed by atoms with Gasteiger partial charge in [0, 0.05) is 18.8 Å². The summed E-state index contributed by atoms with van der Waals surface area (Å²) in [5, 5.41) is 15.0. The zero-order valence-electron chi connectivity index (χ0n) is 10.1. The number of aliphatic hydroxyl groups excluding tert-OH is 1. The van der Waals surface area contributed by atoms with E-state index in [9.17, 15) is 16.8 Å². The summed E-state index contributed by atoms with van der Waals surface area (Å²) in [6.07, 6.45) is 2.63. The summed E-state index contributed by atoms with van der Waals surface area (Å²) in [7, 11) is -7.04. The van der Waals surface area contributed by atoms with Crippen molar-refractivity contribution in [2.24, 2.45) is 0 Å². The second kappa shape index (κ2) is 5.19. The Morgan fingerprint density at radius 2 is 2.26 bits per heavy atom. The van der Waals surface area contributed by atoms with Crippen molar-refractivity contribution in [3.05, 3.63) is 12.4 Å². The molecule has 0 aromatic carbocycles. The zero-order chi connectivity index (χ0) is 14.1. The Bertz CT molecular complexity index is 623. The van der Waals surface area contributed by atoms with E-state index in [0.29, 0.717) is 0 Å². The number of nitrogens with one attached hydrogen (secondary N) is 1. The minimum absolute atomic E-state index is 0.0273. The minimum Gasteiger partial charge on any atom is -0.395 e. The third-order valence-corrected chi connectivity index (χ3v) is 6.68. The summed E-state index contributed by atoms with van der Waals surface area (Å²) in [5.74, 6) is -0.232. The highest BCUT2D eigenvalue weighted by Gasteiger charge is 2.38. The molecule has 0 spiro atoms. The van der Waals surface area contributed by atoms with Crippen molar-refractivity contribution in [2.45, 2.75) is 17.4 Å². The van der Waals surface area contributed by atoms with Gasteiger partial charge in [-0.05, 0) is 6.42 Å². The first-order valence-electron chi connectivity index (χ1n) is 5.69. The van der Waals surface area contributed by atoms with Crippen LogP contribution in [0.1, 0.15) is 6.42 Å². The van der Waals surface area contributed by atoms with E-state index in [1.54, 1.807) is 0 Å². The van der Waals surface area contributed by atoms with Gasteiger partial charge in [-0.3, -0.25) is 5.10 Å². The summed E-state index contributed by atoms with van der Waals surface area (Å²) in [4.78, 5) is -0.0368. The van der Waals surface area contributed by atoms with Crippen molar-refractivity contribution in [3.63, 3.8) is 0 Å². The maximum Gasteiger partial charge on any atom is 0.246 e. The van der Waals surface area contributed by atoms with Crippen LogP contribution in [0, 0.1) is 0 Å². The second-order valence-electron chi connectivity index (χ2n) is 4.33. The van der Waals surface area contributed by atoms with Gasteiger partial charge >= 0.3 is 0 Å². The summed E-state index contributed by atoms with van der Waals surface area (Å²) in [5.41, 5.74) is 0. The molecule has 1 fully saturated rings. The van der Waals surface area contributed by atoms with Gasteiger partial charge in [-0.15, -0.1) is 0 Å². The van der Waals surface area contributed by atoms with Crippen LogP contribution in [-0.4, -0.2) is 67.1 Å². The van der Waals surface area contributed by atoms with Gasteiger partial charge in [0.2, 0.25) is 10.0 Å². The molecule has 108 valence electrons. The third kappa shape index (κ3) is 2.96. The summed E-state index contributed by atoms with van der Waals surface area (Å²) in [6, 6.07) is -0.628. The van der Waals surface area contributed by atoms with Gasteiger partial charge < -0.3 is 5.11 Å². The normalized spacial score (nSPS) is 22.9. The lowest BCUT2D eigenvalue weighted by Gasteiger charge is -2.25. The van der Waals surface area contributed by atoms with Gasteiger partial charge in [-0.1, -0.05) is 0 Å². The Morgan fingerprint density at radius 1 is 1.53 bits per heavy atom. The zero-order valence-corrected chi connectivity index (χ0v) is 11.7. The van der Waals surface area contributed by atoms with Crippen LogP contribution in [0.3, 0.4) is 0 Å². The molecule has 1 aliphatic heterocycles. The van der Waals surface area contributed by atoms with Crippen LogP contribution < -0.4 is 0 Å². The van der Waals surface area contributed by atoms with E-state index < -0.39 is 25.9 Å². The Labute approximate surface area is 111 Å². The SMILES string of the molecule is O=S1(=O)CCC(N(CCO)S(=O)(=O)c2cn[nH]c2)C1. The molecule has 1 saturated heterocycles. The lowest BCUT2D eigenvalue weighted by Crippen LogP contribution is -2.42. The van der Waals surface area contributed by atoms with Crippen LogP contribution in [0.15, 0.2) is 17.3 Å². The lowest BCUT2D eigenvalue weighted by molar-refractivity contribution is 0.232. The average Bonchev–Trinajstić information content (AvgIpc) is 2.95. The molecule has 1 unspecified atom stereocenters. The number of hydrogen-bond donors (Lipinski definition) is 2. The molecule has 1 aromatic rings. The maximum atomic E-state index is 12.3. The van der Waals surface area contributed by atoms with Crippen LogP contribution in [0.2, 0.25) is 0 Å². The second-order valence-corrected chi connectivity index (χ2v) is 8.45. The molecule has 0 aliphatic carbocycles. The summed E-state index contributed by atoms with van der Waals surface area (Å²) >= 11 is 0. The number of hydrogen-bond acceptors (Lipinski definition) is 6. The molecule has 19 heavy (non-hydrogen) atoms. The topological polar surface area (TPSA) is 120 Å². The standard InChI is InChI=1S/C9H15N3O5S2/c13-3-2-12(8-1-4-18(14,15)7-8)19(16,17)9-5-10-11-6-9/h5-6,8,13H,1-4,7H2,(H,10,11). The van der Waals surface area contributed by atoms with Crippen LogP contribution >= 0.6 is 0 Å². The maximum absolute atomic E-state index is 12.3. The number of aromatic amines is 1. The van der Waals surface area contributed by atoms with E-state index in [-0.39, 0.29) is 36.0 Å². The van der Waals surface area contributed by atoms with Gasteiger partial charge in [-0.2, -0.15) is 9.40 Å². The molecule has 1 aliphatic rings. The molecule has 0 bridgehead atoms. The Hall–Kier alpha value is -0.970. The van der Waals surface area contributed by atoms with Crippen molar-refractivity contribution in [2.75, 3.05) is 24.7 Å². The number of rotatable bonds is 5. The highest BCUT2D eigenvalue weighted by Crippen LogP contribution is 2.24. The van der Waals surface area contributed by atoms with Crippen molar-refractivity contribution in [1.29, 1.82) is 0 Å².